The molecule has 12 nitrogen and oxygen atoms in total. The number of hydrogen-bond acceptors (Lipinski definition) is 10. The molecule has 13 heteroatoms. The van der Waals surface area contributed by atoms with Gasteiger partial charge in [-0.3, -0.25) is 4.79 Å². The lowest BCUT2D eigenvalue weighted by atomic mass is 10.1. The van der Waals surface area contributed by atoms with Crippen LogP contribution in [-0.2, 0) is 15.8 Å². The number of unbranched alkanes of at least 4 members (excludes halogenated alkanes) is 1. The number of nitrogen functional groups attached to an aromatic ring is 2. The Morgan fingerprint density at radius 3 is 2.56 bits per heavy atom. The molecule has 0 aliphatic carbocycles. The van der Waals surface area contributed by atoms with E-state index in [4.69, 9.17) is 11.5 Å². The largest absolute Gasteiger partial charge is 0.480 e. The van der Waals surface area contributed by atoms with Crippen molar-refractivity contribution >= 4 is 49.0 Å². The van der Waals surface area contributed by atoms with Gasteiger partial charge < -0.3 is 27.2 Å². The van der Waals surface area contributed by atoms with Crippen LogP contribution in [0.1, 0.15) is 35.3 Å². The molecule has 1 amide bonds. The van der Waals surface area contributed by atoms with Gasteiger partial charge in [-0.15, -0.1) is 0 Å². The summed E-state index contributed by atoms with van der Waals surface area (Å²) in [4.78, 5) is 40.4. The minimum Gasteiger partial charge on any atom is -0.480 e. The predicted molar refractivity (Wildman–Crippen MR) is 129 cm³/mol. The molecule has 7 N–H and O–H groups in total. The van der Waals surface area contributed by atoms with Crippen LogP contribution in [-0.4, -0.2) is 55.7 Å². The predicted octanol–water partition coefficient (Wildman–Crippen LogP) is 1.62. The van der Waals surface area contributed by atoms with Gasteiger partial charge in [0.15, 0.2) is 17.0 Å². The topological polar surface area (TPSA) is 199 Å². The fourth-order valence-electron chi connectivity index (χ4n) is 3.22. The third-order valence-electron chi connectivity index (χ3n) is 4.98. The fourth-order valence-corrected chi connectivity index (χ4v) is 3.62. The molecule has 0 saturated carbocycles. The number of carbonyl (C=O) groups is 2. The molecule has 0 aliphatic rings. The average Bonchev–Trinajstić information content (AvgIpc) is 2.81. The smallest absolute Gasteiger partial charge is 0.326 e. The molecular weight excluding hydrogens is 459 g/mol. The number of benzene rings is 1. The van der Waals surface area contributed by atoms with Crippen molar-refractivity contribution in [3.8, 4) is 0 Å². The standard InChI is InChI=1S/C21H25N8O4P/c22-17-16-18(29-21(23)28-17)25-11-14(26-16)8-9-24-13-6-4-12(5-7-13)19(30)27-15(20(31)32)3-1-2-10-34-33/h4-7,11,15,24H,1-3,8-10H2,(H,27,30)(H,31,32)(H4,22,23,25,28,29)/p+1. The summed E-state index contributed by atoms with van der Waals surface area (Å²) in [6.45, 7) is 0.548. The Kier molecular flexibility index (Phi) is 8.58. The zero-order valence-electron chi connectivity index (χ0n) is 18.3. The second-order valence-corrected chi connectivity index (χ2v) is 8.30. The number of anilines is 3. The third kappa shape index (κ3) is 6.79. The van der Waals surface area contributed by atoms with Gasteiger partial charge in [0, 0.05) is 24.2 Å². The van der Waals surface area contributed by atoms with E-state index < -0.39 is 26.4 Å². The quantitative estimate of drug-likeness (QED) is 0.184. The summed E-state index contributed by atoms with van der Waals surface area (Å²) in [5, 5.41) is 15.1. The first kappa shape index (κ1) is 24.7. The Bertz CT molecular complexity index is 1180. The number of amides is 1. The number of nitrogens with two attached hydrogens (primary N) is 2. The number of aliphatic carboxylic acids is 1. The molecule has 34 heavy (non-hydrogen) atoms. The molecule has 2 unspecified atom stereocenters. The fraction of sp³-hybridized carbons (Fsp3) is 0.333. The van der Waals surface area contributed by atoms with Crippen molar-refractivity contribution in [2.45, 2.75) is 31.7 Å². The van der Waals surface area contributed by atoms with Crippen molar-refractivity contribution in [3.05, 3.63) is 41.7 Å². The lowest BCUT2D eigenvalue weighted by molar-refractivity contribution is -0.139. The number of nitrogens with one attached hydrogen (secondary N) is 2. The first-order chi connectivity index (χ1) is 16.4. The Hall–Kier alpha value is -3.92. The molecule has 3 aromatic rings. The van der Waals surface area contributed by atoms with Gasteiger partial charge in [-0.2, -0.15) is 9.97 Å². The van der Waals surface area contributed by atoms with Crippen LogP contribution in [0.2, 0.25) is 0 Å². The zero-order chi connectivity index (χ0) is 24.5. The van der Waals surface area contributed by atoms with Crippen molar-refractivity contribution in [1.82, 2.24) is 25.3 Å². The van der Waals surface area contributed by atoms with E-state index in [2.05, 4.69) is 30.6 Å². The Labute approximate surface area is 196 Å². The van der Waals surface area contributed by atoms with E-state index in [1.54, 1.807) is 30.5 Å². The number of fused-ring (bicyclic) bond motifs is 1. The molecule has 1 aromatic carbocycles. The van der Waals surface area contributed by atoms with E-state index in [-0.39, 0.29) is 18.2 Å². The van der Waals surface area contributed by atoms with Crippen molar-refractivity contribution < 1.29 is 19.3 Å². The number of carboxylic acid groups (broad SMARTS) is 1. The summed E-state index contributed by atoms with van der Waals surface area (Å²) in [6.07, 6.45) is 4.20. The van der Waals surface area contributed by atoms with Crippen LogP contribution >= 0.6 is 8.46 Å². The van der Waals surface area contributed by atoms with E-state index >= 15 is 0 Å². The molecule has 2 aromatic heterocycles. The molecule has 0 radical (unpaired) electrons. The van der Waals surface area contributed by atoms with E-state index in [0.29, 0.717) is 54.4 Å². The maximum absolute atomic E-state index is 12.4. The maximum atomic E-state index is 12.4. The molecule has 178 valence electrons. The summed E-state index contributed by atoms with van der Waals surface area (Å²) in [7, 11) is -0.398. The highest BCUT2D eigenvalue weighted by Gasteiger charge is 2.20. The molecule has 2 atom stereocenters. The van der Waals surface area contributed by atoms with Crippen LogP contribution in [0.25, 0.3) is 11.2 Å². The number of rotatable bonds is 12. The lowest BCUT2D eigenvalue weighted by Gasteiger charge is -2.14. The monoisotopic (exact) mass is 485 g/mol. The van der Waals surface area contributed by atoms with E-state index in [1.807, 2.05) is 0 Å². The first-order valence-electron chi connectivity index (χ1n) is 10.6. The van der Waals surface area contributed by atoms with Gasteiger partial charge in [-0.05, 0) is 43.5 Å². The van der Waals surface area contributed by atoms with E-state index in [1.165, 1.54) is 0 Å². The van der Waals surface area contributed by atoms with Crippen LogP contribution in [0.4, 0.5) is 17.5 Å². The number of hydrogen-bond donors (Lipinski definition) is 5. The first-order valence-corrected chi connectivity index (χ1v) is 11.8. The van der Waals surface area contributed by atoms with Gasteiger partial charge in [-0.1, -0.05) is 4.57 Å². The summed E-state index contributed by atoms with van der Waals surface area (Å²) < 4.78 is 10.5. The molecule has 2 heterocycles. The molecule has 0 aliphatic heterocycles. The number of carboxylic acids is 1. The molecule has 3 rings (SSSR count). The van der Waals surface area contributed by atoms with Gasteiger partial charge in [-0.25, -0.2) is 14.8 Å². The van der Waals surface area contributed by atoms with Gasteiger partial charge >= 0.3 is 14.4 Å². The zero-order valence-corrected chi connectivity index (χ0v) is 19.3. The number of carbonyl (C=O) groups excluding carboxylic acids is 1. The van der Waals surface area contributed by atoms with Gasteiger partial charge in [0.1, 0.15) is 12.2 Å². The summed E-state index contributed by atoms with van der Waals surface area (Å²) in [5.41, 5.74) is 14.0. The van der Waals surface area contributed by atoms with Gasteiger partial charge in [0.05, 0.1) is 11.9 Å². The normalized spacial score (nSPS) is 11.9. The van der Waals surface area contributed by atoms with Gasteiger partial charge in [0.2, 0.25) is 5.95 Å². The lowest BCUT2D eigenvalue weighted by Crippen LogP contribution is -2.40. The van der Waals surface area contributed by atoms with Crippen LogP contribution < -0.4 is 22.1 Å². The van der Waals surface area contributed by atoms with Crippen molar-refractivity contribution in [2.24, 2.45) is 0 Å². The highest BCUT2D eigenvalue weighted by atomic mass is 31.1. The number of nitrogens with zero attached hydrogens (tertiary/aromatic N) is 4. The molecular formula is C21H26N8O4P+. The Morgan fingerprint density at radius 2 is 1.85 bits per heavy atom. The maximum Gasteiger partial charge on any atom is 0.326 e. The minimum atomic E-state index is -1.09. The average molecular weight is 485 g/mol. The summed E-state index contributed by atoms with van der Waals surface area (Å²) in [6, 6.07) is 5.72. The van der Waals surface area contributed by atoms with Crippen LogP contribution in [0, 0.1) is 0 Å². The van der Waals surface area contributed by atoms with Gasteiger partial charge in [0.25, 0.3) is 5.91 Å². The third-order valence-corrected chi connectivity index (χ3v) is 5.54. The SMILES string of the molecule is Nc1nc(N)c2nc(CCNc3ccc(C(=O)NC(CCCC[PH+]=O)C(=O)O)cc3)cnc2n1. The Balaban J connectivity index is 1.52. The van der Waals surface area contributed by atoms with Crippen LogP contribution in [0.15, 0.2) is 30.5 Å². The summed E-state index contributed by atoms with van der Waals surface area (Å²) in [5.74, 6) is -1.34. The molecule has 0 spiro atoms. The van der Waals surface area contributed by atoms with Crippen molar-refractivity contribution in [2.75, 3.05) is 29.5 Å². The summed E-state index contributed by atoms with van der Waals surface area (Å²) >= 11 is 0. The molecule has 0 saturated heterocycles. The second kappa shape index (κ2) is 11.8. The Morgan fingerprint density at radius 1 is 1.09 bits per heavy atom. The number of aromatic nitrogens is 4. The molecule has 0 bridgehead atoms. The van der Waals surface area contributed by atoms with Crippen molar-refractivity contribution in [1.29, 1.82) is 0 Å². The second-order valence-electron chi connectivity index (χ2n) is 7.51. The van der Waals surface area contributed by atoms with Crippen molar-refractivity contribution in [3.63, 3.8) is 0 Å². The van der Waals surface area contributed by atoms with Crippen LogP contribution in [0.3, 0.4) is 0 Å². The molecule has 0 fully saturated rings. The minimum absolute atomic E-state index is 0.0421. The van der Waals surface area contributed by atoms with E-state index in [9.17, 15) is 19.3 Å². The highest BCUT2D eigenvalue weighted by molar-refractivity contribution is 7.23. The highest BCUT2D eigenvalue weighted by Crippen LogP contribution is 2.15. The van der Waals surface area contributed by atoms with Crippen LogP contribution in [0.5, 0.6) is 0 Å². The van der Waals surface area contributed by atoms with E-state index in [0.717, 1.165) is 5.69 Å².